The highest BCUT2D eigenvalue weighted by Gasteiger charge is 2.37. The Labute approximate surface area is 216 Å². The number of hydrogen-bond donors (Lipinski definition) is 1. The lowest BCUT2D eigenvalue weighted by molar-refractivity contribution is -0.122. The highest BCUT2D eigenvalue weighted by Crippen LogP contribution is 2.31. The molecule has 7 nitrogen and oxygen atoms in total. The topological polar surface area (TPSA) is 84.9 Å². The van der Waals surface area contributed by atoms with Crippen molar-refractivity contribution in [3.63, 3.8) is 0 Å². The van der Waals surface area contributed by atoms with Crippen molar-refractivity contribution < 1.29 is 23.9 Å². The van der Waals surface area contributed by atoms with E-state index < -0.39 is 17.8 Å². The number of amides is 4. The Morgan fingerprint density at radius 1 is 0.811 bits per heavy atom. The third-order valence-electron chi connectivity index (χ3n) is 6.25. The number of rotatable bonds is 7. The fraction of sp³-hybridized carbons (Fsp3) is 0.233. The molecular formula is C30H30N2O5. The molecular weight excluding hydrogens is 468 g/mol. The summed E-state index contributed by atoms with van der Waals surface area (Å²) >= 11 is 0. The molecule has 0 spiro atoms. The summed E-state index contributed by atoms with van der Waals surface area (Å²) in [7, 11) is 0. The minimum atomic E-state index is -0.772. The first-order valence-electron chi connectivity index (χ1n) is 12.1. The molecule has 1 aliphatic rings. The molecule has 3 aromatic carbocycles. The second-order valence-corrected chi connectivity index (χ2v) is 9.09. The molecule has 0 aromatic heterocycles. The van der Waals surface area contributed by atoms with Crippen molar-refractivity contribution in [3.05, 3.63) is 93.6 Å². The van der Waals surface area contributed by atoms with Crippen molar-refractivity contribution in [2.45, 2.75) is 41.2 Å². The van der Waals surface area contributed by atoms with Crippen LogP contribution in [0.2, 0.25) is 0 Å². The smallest absolute Gasteiger partial charge is 0.335 e. The van der Waals surface area contributed by atoms with Crippen LogP contribution in [0.3, 0.4) is 0 Å². The van der Waals surface area contributed by atoms with Gasteiger partial charge in [-0.05, 0) is 92.3 Å². The van der Waals surface area contributed by atoms with E-state index in [4.69, 9.17) is 9.47 Å². The van der Waals surface area contributed by atoms with Crippen LogP contribution >= 0.6 is 0 Å². The number of anilines is 1. The Hall–Kier alpha value is -4.39. The van der Waals surface area contributed by atoms with Crippen molar-refractivity contribution in [2.75, 3.05) is 11.5 Å². The van der Waals surface area contributed by atoms with Crippen molar-refractivity contribution in [1.82, 2.24) is 5.32 Å². The second kappa shape index (κ2) is 10.7. The van der Waals surface area contributed by atoms with E-state index in [9.17, 15) is 14.4 Å². The summed E-state index contributed by atoms with van der Waals surface area (Å²) in [4.78, 5) is 39.6. The summed E-state index contributed by atoms with van der Waals surface area (Å²) in [5.41, 5.74) is 5.94. The predicted molar refractivity (Wildman–Crippen MR) is 143 cm³/mol. The maximum absolute atomic E-state index is 13.3. The number of hydrogen-bond acceptors (Lipinski definition) is 5. The number of benzene rings is 3. The first-order chi connectivity index (χ1) is 17.7. The van der Waals surface area contributed by atoms with Crippen molar-refractivity contribution in [1.29, 1.82) is 0 Å². The van der Waals surface area contributed by atoms with Gasteiger partial charge in [-0.15, -0.1) is 0 Å². The SMILES string of the molecule is CCOc1cc(/C=C2\C(=O)NC(=O)N(c3cc(C)ccc3C)C2=O)ccc1OCc1ccc(C)c(C)c1. The van der Waals surface area contributed by atoms with Gasteiger partial charge in [-0.25, -0.2) is 9.69 Å². The van der Waals surface area contributed by atoms with E-state index in [0.29, 0.717) is 36.0 Å². The van der Waals surface area contributed by atoms with Gasteiger partial charge in [-0.1, -0.05) is 36.4 Å². The minimum absolute atomic E-state index is 0.147. The van der Waals surface area contributed by atoms with Crippen LogP contribution < -0.4 is 19.7 Å². The number of aryl methyl sites for hydroxylation is 4. The number of barbiturate groups is 1. The van der Waals surface area contributed by atoms with Gasteiger partial charge in [0.05, 0.1) is 12.3 Å². The quantitative estimate of drug-likeness (QED) is 0.340. The Kier molecular flexibility index (Phi) is 7.43. The number of urea groups is 1. The Morgan fingerprint density at radius 3 is 2.30 bits per heavy atom. The van der Waals surface area contributed by atoms with Crippen LogP contribution in [0.1, 0.15) is 40.3 Å². The molecule has 1 heterocycles. The number of nitrogens with one attached hydrogen (secondary N) is 1. The van der Waals surface area contributed by atoms with Crippen molar-refractivity contribution in [2.24, 2.45) is 0 Å². The molecule has 3 aromatic rings. The minimum Gasteiger partial charge on any atom is -0.490 e. The molecule has 0 atom stereocenters. The lowest BCUT2D eigenvalue weighted by atomic mass is 10.0. The van der Waals surface area contributed by atoms with E-state index in [1.165, 1.54) is 17.2 Å². The number of imide groups is 2. The van der Waals surface area contributed by atoms with E-state index >= 15 is 0 Å². The van der Waals surface area contributed by atoms with Crippen LogP contribution in [0.15, 0.2) is 60.2 Å². The van der Waals surface area contributed by atoms with Gasteiger partial charge in [0.2, 0.25) is 0 Å². The molecule has 0 aliphatic carbocycles. The van der Waals surface area contributed by atoms with E-state index in [2.05, 4.69) is 31.3 Å². The van der Waals surface area contributed by atoms with Crippen LogP contribution in [0.5, 0.6) is 11.5 Å². The normalized spacial score (nSPS) is 14.7. The first kappa shape index (κ1) is 25.7. The van der Waals surface area contributed by atoms with Crippen LogP contribution in [-0.2, 0) is 16.2 Å². The number of nitrogens with zero attached hydrogens (tertiary/aromatic N) is 1. The van der Waals surface area contributed by atoms with Crippen LogP contribution in [-0.4, -0.2) is 24.5 Å². The van der Waals surface area contributed by atoms with Crippen LogP contribution in [0.4, 0.5) is 10.5 Å². The average Bonchev–Trinajstić information content (AvgIpc) is 2.85. The van der Waals surface area contributed by atoms with Crippen molar-refractivity contribution in [3.8, 4) is 11.5 Å². The van der Waals surface area contributed by atoms with Crippen LogP contribution in [0, 0.1) is 27.7 Å². The first-order valence-corrected chi connectivity index (χ1v) is 12.1. The number of ether oxygens (including phenoxy) is 2. The maximum Gasteiger partial charge on any atom is 0.335 e. The van der Waals surface area contributed by atoms with E-state index in [1.54, 1.807) is 31.2 Å². The molecule has 1 saturated heterocycles. The van der Waals surface area contributed by atoms with Crippen molar-refractivity contribution >= 4 is 29.6 Å². The largest absolute Gasteiger partial charge is 0.490 e. The summed E-state index contributed by atoms with van der Waals surface area (Å²) in [6.07, 6.45) is 1.46. The summed E-state index contributed by atoms with van der Waals surface area (Å²) in [6, 6.07) is 16.1. The molecule has 0 radical (unpaired) electrons. The van der Waals surface area contributed by atoms with Gasteiger partial charge < -0.3 is 9.47 Å². The molecule has 0 unspecified atom stereocenters. The fourth-order valence-electron chi connectivity index (χ4n) is 4.06. The summed E-state index contributed by atoms with van der Waals surface area (Å²) in [5, 5.41) is 2.28. The fourth-order valence-corrected chi connectivity index (χ4v) is 4.06. The van der Waals surface area contributed by atoms with Gasteiger partial charge in [0.15, 0.2) is 11.5 Å². The van der Waals surface area contributed by atoms with Gasteiger partial charge in [0.1, 0.15) is 12.2 Å². The second-order valence-electron chi connectivity index (χ2n) is 9.09. The molecule has 190 valence electrons. The molecule has 4 amide bonds. The highest BCUT2D eigenvalue weighted by atomic mass is 16.5. The monoisotopic (exact) mass is 498 g/mol. The molecule has 0 saturated carbocycles. The van der Waals surface area contributed by atoms with E-state index in [-0.39, 0.29) is 5.57 Å². The molecule has 1 aliphatic heterocycles. The zero-order valence-electron chi connectivity index (χ0n) is 21.7. The standard InChI is InChI=1S/C30H30N2O5/c1-6-36-27-16-22(11-12-26(27)37-17-23-10-9-19(3)21(5)14-23)15-24-28(33)31-30(35)32(29(24)34)25-13-18(2)7-8-20(25)4/h7-16H,6,17H2,1-5H3,(H,31,33,35)/b24-15+. The van der Waals surface area contributed by atoms with E-state index in [0.717, 1.165) is 21.6 Å². The summed E-state index contributed by atoms with van der Waals surface area (Å²) in [5.74, 6) is -0.388. The third kappa shape index (κ3) is 5.56. The average molecular weight is 499 g/mol. The Bertz CT molecular complexity index is 1420. The summed E-state index contributed by atoms with van der Waals surface area (Å²) in [6.45, 7) is 10.4. The number of carbonyl (C=O) groups excluding carboxylic acids is 3. The Balaban J connectivity index is 1.63. The van der Waals surface area contributed by atoms with Gasteiger partial charge in [-0.3, -0.25) is 14.9 Å². The highest BCUT2D eigenvalue weighted by molar-refractivity contribution is 6.39. The van der Waals surface area contributed by atoms with Gasteiger partial charge in [0.25, 0.3) is 11.8 Å². The zero-order chi connectivity index (χ0) is 26.7. The third-order valence-corrected chi connectivity index (χ3v) is 6.25. The Morgan fingerprint density at radius 2 is 1.57 bits per heavy atom. The molecule has 37 heavy (non-hydrogen) atoms. The lowest BCUT2D eigenvalue weighted by Gasteiger charge is -2.27. The predicted octanol–water partition coefficient (Wildman–Crippen LogP) is 5.56. The molecule has 1 N–H and O–H groups in total. The van der Waals surface area contributed by atoms with E-state index in [1.807, 2.05) is 32.0 Å². The summed E-state index contributed by atoms with van der Waals surface area (Å²) < 4.78 is 11.8. The maximum atomic E-state index is 13.3. The molecule has 1 fully saturated rings. The zero-order valence-corrected chi connectivity index (χ0v) is 21.7. The molecule has 0 bridgehead atoms. The van der Waals surface area contributed by atoms with Gasteiger partial charge >= 0.3 is 6.03 Å². The molecule has 4 rings (SSSR count). The molecule has 7 heteroatoms. The van der Waals surface area contributed by atoms with Gasteiger partial charge in [-0.2, -0.15) is 0 Å². The van der Waals surface area contributed by atoms with Crippen LogP contribution in [0.25, 0.3) is 6.08 Å². The van der Waals surface area contributed by atoms with Gasteiger partial charge in [0, 0.05) is 0 Å². The lowest BCUT2D eigenvalue weighted by Crippen LogP contribution is -2.54. The number of carbonyl (C=O) groups is 3.